The van der Waals surface area contributed by atoms with E-state index < -0.39 is 6.10 Å². The molecule has 0 spiro atoms. The van der Waals surface area contributed by atoms with E-state index in [1.807, 2.05) is 6.92 Å². The van der Waals surface area contributed by atoms with Crippen molar-refractivity contribution >= 4 is 11.6 Å². The maximum absolute atomic E-state index is 12.3. The smallest absolute Gasteiger partial charge is 0.272 e. The van der Waals surface area contributed by atoms with E-state index in [0.717, 1.165) is 31.4 Å². The number of amides is 1. The van der Waals surface area contributed by atoms with Crippen molar-refractivity contribution < 1.29 is 9.90 Å². The van der Waals surface area contributed by atoms with Gasteiger partial charge < -0.3 is 16.2 Å². The Balaban J connectivity index is 2.13. The van der Waals surface area contributed by atoms with Gasteiger partial charge >= 0.3 is 0 Å². The molecule has 0 aliphatic heterocycles. The van der Waals surface area contributed by atoms with E-state index >= 15 is 0 Å². The molecule has 1 heterocycles. The fraction of sp³-hybridized carbons (Fsp3) is 0.692. The number of nitrogens with one attached hydrogen (secondary N) is 1. The summed E-state index contributed by atoms with van der Waals surface area (Å²) in [5, 5.41) is 17.0. The van der Waals surface area contributed by atoms with E-state index in [4.69, 9.17) is 5.73 Å². The molecule has 0 unspecified atom stereocenters. The van der Waals surface area contributed by atoms with Gasteiger partial charge in [-0.25, -0.2) is 0 Å². The summed E-state index contributed by atoms with van der Waals surface area (Å²) in [7, 11) is 1.71. The number of carbonyl (C=O) groups excluding carboxylic acids is 1. The zero-order chi connectivity index (χ0) is 14.0. The average Bonchev–Trinajstić information content (AvgIpc) is 2.67. The fourth-order valence-corrected chi connectivity index (χ4v) is 2.64. The van der Waals surface area contributed by atoms with E-state index in [2.05, 4.69) is 10.4 Å². The first-order chi connectivity index (χ1) is 9.04. The van der Waals surface area contributed by atoms with Gasteiger partial charge in [0.2, 0.25) is 0 Å². The minimum Gasteiger partial charge on any atom is -0.395 e. The molecule has 106 valence electrons. The summed E-state index contributed by atoms with van der Waals surface area (Å²) in [6.07, 6.45) is 3.83. The first-order valence-electron chi connectivity index (χ1n) is 6.84. The zero-order valence-electron chi connectivity index (χ0n) is 11.5. The Morgan fingerprint density at radius 3 is 2.79 bits per heavy atom. The van der Waals surface area contributed by atoms with E-state index in [0.29, 0.717) is 17.8 Å². The number of hydrogen-bond donors (Lipinski definition) is 3. The molecule has 1 aliphatic rings. The van der Waals surface area contributed by atoms with Crippen LogP contribution in [0.25, 0.3) is 0 Å². The molecule has 0 saturated heterocycles. The van der Waals surface area contributed by atoms with Crippen LogP contribution in [0.5, 0.6) is 0 Å². The second-order valence-corrected chi connectivity index (χ2v) is 5.12. The lowest BCUT2D eigenvalue weighted by Gasteiger charge is -2.28. The Labute approximate surface area is 113 Å². The van der Waals surface area contributed by atoms with Gasteiger partial charge in [0.15, 0.2) is 0 Å². The van der Waals surface area contributed by atoms with E-state index in [9.17, 15) is 9.90 Å². The van der Waals surface area contributed by atoms with Crippen molar-refractivity contribution in [3.8, 4) is 0 Å². The molecule has 19 heavy (non-hydrogen) atoms. The highest BCUT2D eigenvalue weighted by Crippen LogP contribution is 2.21. The molecule has 1 amide bonds. The van der Waals surface area contributed by atoms with E-state index in [1.54, 1.807) is 7.05 Å². The molecule has 1 saturated carbocycles. The molecule has 2 atom stereocenters. The molecule has 6 nitrogen and oxygen atoms in total. The van der Waals surface area contributed by atoms with E-state index in [1.165, 1.54) is 4.68 Å². The van der Waals surface area contributed by atoms with Crippen LogP contribution in [0, 0.1) is 0 Å². The minimum atomic E-state index is -0.460. The lowest BCUT2D eigenvalue weighted by Crippen LogP contribution is -2.45. The lowest BCUT2D eigenvalue weighted by molar-refractivity contribution is 0.0711. The largest absolute Gasteiger partial charge is 0.395 e. The Kier molecular flexibility index (Phi) is 4.09. The number of aliphatic hydroxyl groups is 1. The molecule has 1 aromatic rings. The zero-order valence-corrected chi connectivity index (χ0v) is 11.5. The van der Waals surface area contributed by atoms with Gasteiger partial charge in [0.25, 0.3) is 5.91 Å². The molecule has 2 rings (SSSR count). The van der Waals surface area contributed by atoms with Gasteiger partial charge in [0.05, 0.1) is 23.5 Å². The van der Waals surface area contributed by atoms with Crippen LogP contribution in [-0.4, -0.2) is 32.9 Å². The third kappa shape index (κ3) is 2.73. The third-order valence-electron chi connectivity index (χ3n) is 3.76. The topological polar surface area (TPSA) is 93.2 Å². The van der Waals surface area contributed by atoms with Crippen molar-refractivity contribution in [2.24, 2.45) is 7.05 Å². The van der Waals surface area contributed by atoms with Crippen molar-refractivity contribution in [1.29, 1.82) is 0 Å². The van der Waals surface area contributed by atoms with Crippen molar-refractivity contribution in [1.82, 2.24) is 15.1 Å². The summed E-state index contributed by atoms with van der Waals surface area (Å²) in [5.74, 6) is -0.252. The average molecular weight is 266 g/mol. The van der Waals surface area contributed by atoms with Crippen molar-refractivity contribution in [3.05, 3.63) is 11.4 Å². The van der Waals surface area contributed by atoms with Gasteiger partial charge in [-0.05, 0) is 19.3 Å². The number of nitrogen functional groups attached to an aromatic ring is 1. The number of nitrogens with zero attached hydrogens (tertiary/aromatic N) is 2. The second-order valence-electron chi connectivity index (χ2n) is 5.12. The van der Waals surface area contributed by atoms with Crippen LogP contribution in [0.15, 0.2) is 0 Å². The fourth-order valence-electron chi connectivity index (χ4n) is 2.64. The number of aromatic nitrogens is 2. The monoisotopic (exact) mass is 266 g/mol. The predicted molar refractivity (Wildman–Crippen MR) is 72.7 cm³/mol. The molecule has 1 fully saturated rings. The minimum absolute atomic E-state index is 0.180. The number of rotatable bonds is 3. The van der Waals surface area contributed by atoms with Crippen LogP contribution in [0.2, 0.25) is 0 Å². The Morgan fingerprint density at radius 2 is 2.21 bits per heavy atom. The highest BCUT2D eigenvalue weighted by molar-refractivity contribution is 5.98. The number of carbonyl (C=O) groups is 1. The summed E-state index contributed by atoms with van der Waals surface area (Å²) < 4.78 is 1.51. The molecule has 4 N–H and O–H groups in total. The number of anilines is 1. The third-order valence-corrected chi connectivity index (χ3v) is 3.76. The van der Waals surface area contributed by atoms with Crippen LogP contribution in [-0.2, 0) is 13.5 Å². The highest BCUT2D eigenvalue weighted by Gasteiger charge is 2.27. The van der Waals surface area contributed by atoms with Crippen molar-refractivity contribution in [2.75, 3.05) is 5.73 Å². The van der Waals surface area contributed by atoms with Gasteiger partial charge in [0, 0.05) is 7.05 Å². The first kappa shape index (κ1) is 13.9. The van der Waals surface area contributed by atoms with Gasteiger partial charge in [-0.3, -0.25) is 9.48 Å². The molecule has 0 bridgehead atoms. The Hall–Kier alpha value is -1.56. The van der Waals surface area contributed by atoms with Crippen LogP contribution < -0.4 is 11.1 Å². The standard InChI is InChI=1S/C13H22N4O2/c1-3-8-11(14)12(17(2)16-8)13(19)15-9-6-4-5-7-10(9)18/h9-10,18H,3-7,14H2,1-2H3,(H,15,19)/t9-,10-/m1/s1. The van der Waals surface area contributed by atoms with Gasteiger partial charge in [0.1, 0.15) is 5.69 Å². The van der Waals surface area contributed by atoms with Crippen LogP contribution in [0.4, 0.5) is 5.69 Å². The summed E-state index contributed by atoms with van der Waals surface area (Å²) in [5.41, 5.74) is 7.50. The van der Waals surface area contributed by atoms with Crippen molar-refractivity contribution in [3.63, 3.8) is 0 Å². The summed E-state index contributed by atoms with van der Waals surface area (Å²) in [6.45, 7) is 1.95. The molecule has 0 aromatic carbocycles. The molecular formula is C13H22N4O2. The number of aryl methyl sites for hydroxylation is 2. The van der Waals surface area contributed by atoms with Crippen LogP contribution in [0.3, 0.4) is 0 Å². The van der Waals surface area contributed by atoms with E-state index in [-0.39, 0.29) is 11.9 Å². The second kappa shape index (κ2) is 5.61. The highest BCUT2D eigenvalue weighted by atomic mass is 16.3. The quantitative estimate of drug-likeness (QED) is 0.746. The SMILES string of the molecule is CCc1nn(C)c(C(=O)N[C@@H]2CCCC[C@H]2O)c1N. The molecular weight excluding hydrogens is 244 g/mol. The molecule has 6 heteroatoms. The van der Waals surface area contributed by atoms with Crippen LogP contribution in [0.1, 0.15) is 48.8 Å². The molecule has 1 aromatic heterocycles. The number of nitrogens with two attached hydrogens (primary N) is 1. The Bertz CT molecular complexity index is 469. The molecule has 1 aliphatic carbocycles. The van der Waals surface area contributed by atoms with Crippen molar-refractivity contribution in [2.45, 2.75) is 51.2 Å². The normalized spacial score (nSPS) is 23.3. The van der Waals surface area contributed by atoms with Gasteiger partial charge in [-0.2, -0.15) is 5.10 Å². The number of hydrogen-bond acceptors (Lipinski definition) is 4. The predicted octanol–water partition coefficient (Wildman–Crippen LogP) is 0.598. The lowest BCUT2D eigenvalue weighted by atomic mass is 9.92. The van der Waals surface area contributed by atoms with Gasteiger partial charge in [-0.15, -0.1) is 0 Å². The van der Waals surface area contributed by atoms with Gasteiger partial charge in [-0.1, -0.05) is 19.8 Å². The maximum atomic E-state index is 12.3. The number of aliphatic hydroxyl groups excluding tert-OH is 1. The summed E-state index contributed by atoms with van der Waals surface area (Å²) >= 11 is 0. The summed E-state index contributed by atoms with van der Waals surface area (Å²) in [6, 6.07) is -0.180. The first-order valence-corrected chi connectivity index (χ1v) is 6.84. The van der Waals surface area contributed by atoms with Crippen LogP contribution >= 0.6 is 0 Å². The summed E-state index contributed by atoms with van der Waals surface area (Å²) in [4.78, 5) is 12.3. The molecule has 0 radical (unpaired) electrons. The Morgan fingerprint density at radius 1 is 1.53 bits per heavy atom. The maximum Gasteiger partial charge on any atom is 0.272 e.